The largest absolute Gasteiger partial charge is 0.367 e. The van der Waals surface area contributed by atoms with E-state index in [1.165, 1.54) is 11.1 Å². The van der Waals surface area contributed by atoms with Gasteiger partial charge >= 0.3 is 0 Å². The number of fused-ring (bicyclic) bond motifs is 1. The number of hydrogen-bond donors (Lipinski definition) is 1. The monoisotopic (exact) mass is 196 g/mol. The fourth-order valence-electron chi connectivity index (χ4n) is 1.78. The van der Waals surface area contributed by atoms with Gasteiger partial charge < -0.3 is 9.88 Å². The summed E-state index contributed by atoms with van der Waals surface area (Å²) < 4.78 is 2.10. The van der Waals surface area contributed by atoms with Gasteiger partial charge in [-0.25, -0.2) is 0 Å². The van der Waals surface area contributed by atoms with E-state index in [4.69, 9.17) is 11.6 Å². The van der Waals surface area contributed by atoms with Gasteiger partial charge in [0.05, 0.1) is 0 Å². The van der Waals surface area contributed by atoms with Crippen LogP contribution in [-0.2, 0) is 13.5 Å². The van der Waals surface area contributed by atoms with Crippen molar-refractivity contribution in [3.63, 3.8) is 0 Å². The van der Waals surface area contributed by atoms with Crippen LogP contribution < -0.4 is 5.32 Å². The van der Waals surface area contributed by atoms with Crippen LogP contribution in [0.25, 0.3) is 5.03 Å². The molecule has 1 aliphatic rings. The molecule has 0 saturated carbocycles. The maximum absolute atomic E-state index is 6.15. The van der Waals surface area contributed by atoms with Gasteiger partial charge in [-0.1, -0.05) is 18.5 Å². The van der Waals surface area contributed by atoms with Crippen LogP contribution in [0.5, 0.6) is 0 Å². The molecule has 70 valence electrons. The Morgan fingerprint density at radius 3 is 3.08 bits per heavy atom. The molecule has 0 aliphatic carbocycles. The van der Waals surface area contributed by atoms with Crippen LogP contribution in [0, 0.1) is 0 Å². The molecule has 1 aromatic rings. The summed E-state index contributed by atoms with van der Waals surface area (Å²) in [6.07, 6.45) is 5.18. The molecule has 1 N–H and O–H groups in total. The Balaban J connectivity index is 2.61. The van der Waals surface area contributed by atoms with Crippen LogP contribution in [0.15, 0.2) is 12.3 Å². The standard InChI is InChI=1S/C10H13ClN2/c1-3-7-6-13(2)10-9(7)8(11)4-5-12-10/h4,6,12H,3,5H2,1-2H3. The van der Waals surface area contributed by atoms with E-state index in [0.717, 1.165) is 23.8 Å². The smallest absolute Gasteiger partial charge is 0.115 e. The molecule has 0 radical (unpaired) electrons. The second kappa shape index (κ2) is 3.11. The quantitative estimate of drug-likeness (QED) is 0.731. The van der Waals surface area contributed by atoms with Gasteiger partial charge in [0, 0.05) is 30.4 Å². The first-order chi connectivity index (χ1) is 6.24. The zero-order chi connectivity index (χ0) is 9.42. The van der Waals surface area contributed by atoms with Gasteiger partial charge in [0.1, 0.15) is 5.82 Å². The van der Waals surface area contributed by atoms with Crippen molar-refractivity contribution in [2.45, 2.75) is 13.3 Å². The Bertz CT molecular complexity index is 363. The summed E-state index contributed by atoms with van der Waals surface area (Å²) >= 11 is 6.15. The van der Waals surface area contributed by atoms with Crippen LogP contribution >= 0.6 is 11.6 Å². The first-order valence-electron chi connectivity index (χ1n) is 4.52. The lowest BCUT2D eigenvalue weighted by Gasteiger charge is -2.14. The predicted octanol–water partition coefficient (Wildman–Crippen LogP) is 2.59. The Morgan fingerprint density at radius 1 is 1.62 bits per heavy atom. The van der Waals surface area contributed by atoms with Gasteiger partial charge in [-0.05, 0) is 18.1 Å². The van der Waals surface area contributed by atoms with E-state index in [9.17, 15) is 0 Å². The maximum Gasteiger partial charge on any atom is 0.115 e. The van der Waals surface area contributed by atoms with Crippen molar-refractivity contribution >= 4 is 22.5 Å². The fourth-order valence-corrected chi connectivity index (χ4v) is 2.07. The molecular weight excluding hydrogens is 184 g/mol. The average Bonchev–Trinajstić information content (AvgIpc) is 2.45. The number of rotatable bonds is 1. The Hall–Kier alpha value is -0.890. The van der Waals surface area contributed by atoms with E-state index in [2.05, 4.69) is 23.0 Å². The molecule has 0 aromatic carbocycles. The summed E-state index contributed by atoms with van der Waals surface area (Å²) in [6, 6.07) is 0. The molecule has 2 heterocycles. The lowest BCUT2D eigenvalue weighted by Crippen LogP contribution is -2.08. The van der Waals surface area contributed by atoms with Gasteiger partial charge in [0.25, 0.3) is 0 Å². The zero-order valence-corrected chi connectivity index (χ0v) is 8.65. The molecule has 13 heavy (non-hydrogen) atoms. The van der Waals surface area contributed by atoms with E-state index in [1.807, 2.05) is 13.1 Å². The first kappa shape index (κ1) is 8.70. The van der Waals surface area contributed by atoms with Gasteiger partial charge in [0.15, 0.2) is 0 Å². The Morgan fingerprint density at radius 2 is 2.38 bits per heavy atom. The summed E-state index contributed by atoms with van der Waals surface area (Å²) in [5.74, 6) is 1.14. The highest BCUT2D eigenvalue weighted by Gasteiger charge is 2.17. The minimum absolute atomic E-state index is 0.826. The topological polar surface area (TPSA) is 17.0 Å². The highest BCUT2D eigenvalue weighted by atomic mass is 35.5. The second-order valence-corrected chi connectivity index (χ2v) is 3.68. The van der Waals surface area contributed by atoms with Crippen molar-refractivity contribution in [2.24, 2.45) is 7.05 Å². The predicted molar refractivity (Wildman–Crippen MR) is 57.1 cm³/mol. The Labute approximate surface area is 83.2 Å². The van der Waals surface area contributed by atoms with E-state index in [1.54, 1.807) is 0 Å². The third kappa shape index (κ3) is 1.25. The molecule has 0 unspecified atom stereocenters. The molecule has 0 atom stereocenters. The number of nitrogens with zero attached hydrogens (tertiary/aromatic N) is 1. The molecule has 2 rings (SSSR count). The van der Waals surface area contributed by atoms with E-state index in [-0.39, 0.29) is 0 Å². The number of hydrogen-bond acceptors (Lipinski definition) is 1. The molecule has 0 amide bonds. The second-order valence-electron chi connectivity index (χ2n) is 3.28. The van der Waals surface area contributed by atoms with Gasteiger partial charge in [-0.15, -0.1) is 0 Å². The van der Waals surface area contributed by atoms with Gasteiger partial charge in [-0.2, -0.15) is 0 Å². The number of aryl methyl sites for hydroxylation is 2. The molecule has 3 heteroatoms. The van der Waals surface area contributed by atoms with Gasteiger partial charge in [-0.3, -0.25) is 0 Å². The summed E-state index contributed by atoms with van der Waals surface area (Å²) in [7, 11) is 2.04. The first-order valence-corrected chi connectivity index (χ1v) is 4.90. The fraction of sp³-hybridized carbons (Fsp3) is 0.400. The molecule has 0 saturated heterocycles. The third-order valence-corrected chi connectivity index (χ3v) is 2.77. The van der Waals surface area contributed by atoms with Crippen LogP contribution in [0.2, 0.25) is 0 Å². The number of aromatic nitrogens is 1. The number of nitrogens with one attached hydrogen (secondary N) is 1. The van der Waals surface area contributed by atoms with E-state index >= 15 is 0 Å². The SMILES string of the molecule is CCc1cn(C)c2c1C(Cl)=CCN2. The van der Waals surface area contributed by atoms with Gasteiger partial charge in [0.2, 0.25) is 0 Å². The molecule has 1 aliphatic heterocycles. The molecule has 1 aromatic heterocycles. The lowest BCUT2D eigenvalue weighted by atomic mass is 10.1. The van der Waals surface area contributed by atoms with Crippen molar-refractivity contribution < 1.29 is 0 Å². The van der Waals surface area contributed by atoms with E-state index in [0.29, 0.717) is 0 Å². The molecule has 2 nitrogen and oxygen atoms in total. The van der Waals surface area contributed by atoms with Crippen molar-refractivity contribution in [3.8, 4) is 0 Å². The van der Waals surface area contributed by atoms with Crippen LogP contribution in [0.3, 0.4) is 0 Å². The zero-order valence-electron chi connectivity index (χ0n) is 7.89. The van der Waals surface area contributed by atoms with Crippen molar-refractivity contribution in [1.29, 1.82) is 0 Å². The Kier molecular flexibility index (Phi) is 2.08. The van der Waals surface area contributed by atoms with Crippen LogP contribution in [0.1, 0.15) is 18.1 Å². The molecular formula is C10H13ClN2. The van der Waals surface area contributed by atoms with E-state index < -0.39 is 0 Å². The van der Waals surface area contributed by atoms with Crippen LogP contribution in [-0.4, -0.2) is 11.1 Å². The highest BCUT2D eigenvalue weighted by Crippen LogP contribution is 2.34. The summed E-state index contributed by atoms with van der Waals surface area (Å²) in [5, 5.41) is 4.20. The number of halogens is 1. The van der Waals surface area contributed by atoms with Crippen LogP contribution in [0.4, 0.5) is 5.82 Å². The molecule has 0 spiro atoms. The minimum atomic E-state index is 0.826. The molecule has 0 fully saturated rings. The van der Waals surface area contributed by atoms with Crippen molar-refractivity contribution in [3.05, 3.63) is 23.4 Å². The number of anilines is 1. The molecule has 0 bridgehead atoms. The third-order valence-electron chi connectivity index (χ3n) is 2.43. The minimum Gasteiger partial charge on any atom is -0.367 e. The van der Waals surface area contributed by atoms with Crippen molar-refractivity contribution in [2.75, 3.05) is 11.9 Å². The maximum atomic E-state index is 6.15. The highest BCUT2D eigenvalue weighted by molar-refractivity contribution is 6.49. The average molecular weight is 197 g/mol. The lowest BCUT2D eigenvalue weighted by molar-refractivity contribution is 0.917. The summed E-state index contributed by atoms with van der Waals surface area (Å²) in [6.45, 7) is 2.97. The normalized spacial score (nSPS) is 14.8. The summed E-state index contributed by atoms with van der Waals surface area (Å²) in [4.78, 5) is 0. The van der Waals surface area contributed by atoms with Crippen molar-refractivity contribution in [1.82, 2.24) is 4.57 Å². The summed E-state index contributed by atoms with van der Waals surface area (Å²) in [5.41, 5.74) is 2.49.